The fourth-order valence-corrected chi connectivity index (χ4v) is 2.29. The van der Waals surface area contributed by atoms with Gasteiger partial charge in [0.25, 0.3) is 0 Å². The number of benzene rings is 1. The molecule has 108 valence electrons. The topological polar surface area (TPSA) is 94.0 Å². The summed E-state index contributed by atoms with van der Waals surface area (Å²) in [4.78, 5) is 19.6. The Bertz CT molecular complexity index is 790. The summed E-state index contributed by atoms with van der Waals surface area (Å²) >= 11 is 0. The van der Waals surface area contributed by atoms with Gasteiger partial charge in [0.1, 0.15) is 5.82 Å². The highest BCUT2D eigenvalue weighted by atomic mass is 16.5. The van der Waals surface area contributed by atoms with Crippen LogP contribution >= 0.6 is 0 Å². The van der Waals surface area contributed by atoms with E-state index in [4.69, 9.17) is 9.63 Å². The van der Waals surface area contributed by atoms with Crippen LogP contribution in [0.2, 0.25) is 0 Å². The lowest BCUT2D eigenvalue weighted by Crippen LogP contribution is -2.07. The van der Waals surface area contributed by atoms with Gasteiger partial charge in [-0.25, -0.2) is 9.78 Å². The molecule has 0 aliphatic heterocycles. The van der Waals surface area contributed by atoms with Gasteiger partial charge < -0.3 is 14.2 Å². The molecule has 0 fully saturated rings. The van der Waals surface area contributed by atoms with Crippen LogP contribution in [0.3, 0.4) is 0 Å². The fourth-order valence-electron chi connectivity index (χ4n) is 2.29. The number of fused-ring (bicyclic) bond motifs is 1. The molecule has 1 aromatic carbocycles. The SMILES string of the molecule is CC(C)c1nc2cc(C(=O)O)ccc2n1Cc1ncon1. The van der Waals surface area contributed by atoms with Crippen LogP contribution in [-0.4, -0.2) is 30.8 Å². The van der Waals surface area contributed by atoms with Gasteiger partial charge in [-0.2, -0.15) is 4.98 Å². The first-order valence-corrected chi connectivity index (χ1v) is 6.55. The molecule has 21 heavy (non-hydrogen) atoms. The first kappa shape index (κ1) is 13.3. The Labute approximate surface area is 120 Å². The minimum atomic E-state index is -0.962. The third kappa shape index (κ3) is 2.37. The van der Waals surface area contributed by atoms with E-state index in [-0.39, 0.29) is 11.5 Å². The minimum Gasteiger partial charge on any atom is -0.478 e. The molecule has 7 nitrogen and oxygen atoms in total. The summed E-state index contributed by atoms with van der Waals surface area (Å²) in [5.74, 6) is 0.643. The maximum Gasteiger partial charge on any atom is 0.335 e. The van der Waals surface area contributed by atoms with Crippen molar-refractivity contribution in [2.75, 3.05) is 0 Å². The number of hydrogen-bond donors (Lipinski definition) is 1. The largest absolute Gasteiger partial charge is 0.478 e. The highest BCUT2D eigenvalue weighted by Crippen LogP contribution is 2.23. The second-order valence-corrected chi connectivity index (χ2v) is 5.07. The number of nitrogens with zero attached hydrogens (tertiary/aromatic N) is 4. The summed E-state index contributed by atoms with van der Waals surface area (Å²) in [6.07, 6.45) is 1.28. The predicted molar refractivity (Wildman–Crippen MR) is 74.2 cm³/mol. The van der Waals surface area contributed by atoms with Crippen molar-refractivity contribution < 1.29 is 14.4 Å². The van der Waals surface area contributed by atoms with Crippen LogP contribution in [0.5, 0.6) is 0 Å². The number of hydrogen-bond acceptors (Lipinski definition) is 5. The highest BCUT2D eigenvalue weighted by Gasteiger charge is 2.16. The molecule has 1 N–H and O–H groups in total. The predicted octanol–water partition coefficient (Wildman–Crippen LogP) is 2.29. The lowest BCUT2D eigenvalue weighted by atomic mass is 10.2. The van der Waals surface area contributed by atoms with Gasteiger partial charge in [-0.15, -0.1) is 0 Å². The van der Waals surface area contributed by atoms with Crippen LogP contribution in [0.4, 0.5) is 0 Å². The van der Waals surface area contributed by atoms with Gasteiger partial charge in [-0.3, -0.25) is 0 Å². The van der Waals surface area contributed by atoms with Gasteiger partial charge >= 0.3 is 5.97 Å². The van der Waals surface area contributed by atoms with Crippen LogP contribution in [0.25, 0.3) is 11.0 Å². The zero-order chi connectivity index (χ0) is 15.0. The molecule has 3 aromatic rings. The van der Waals surface area contributed by atoms with Crippen molar-refractivity contribution in [2.45, 2.75) is 26.3 Å². The molecule has 2 aromatic heterocycles. The summed E-state index contributed by atoms with van der Waals surface area (Å²) in [6, 6.07) is 4.91. The van der Waals surface area contributed by atoms with Gasteiger partial charge in [0.15, 0.2) is 5.82 Å². The molecule has 2 heterocycles. The second-order valence-electron chi connectivity index (χ2n) is 5.07. The van der Waals surface area contributed by atoms with Crippen LogP contribution in [0.15, 0.2) is 29.1 Å². The van der Waals surface area contributed by atoms with Gasteiger partial charge in [0, 0.05) is 5.92 Å². The Morgan fingerprint density at radius 1 is 1.43 bits per heavy atom. The molecule has 0 amide bonds. The second kappa shape index (κ2) is 5.01. The first-order valence-electron chi connectivity index (χ1n) is 6.55. The van der Waals surface area contributed by atoms with Gasteiger partial charge in [-0.05, 0) is 18.2 Å². The van der Waals surface area contributed by atoms with Gasteiger partial charge in [0.2, 0.25) is 6.39 Å². The van der Waals surface area contributed by atoms with E-state index in [1.807, 2.05) is 18.4 Å². The van der Waals surface area contributed by atoms with Crippen LogP contribution in [-0.2, 0) is 6.54 Å². The number of carboxylic acids is 1. The molecular formula is C14H14N4O3. The number of aromatic nitrogens is 4. The summed E-state index contributed by atoms with van der Waals surface area (Å²) in [5.41, 5.74) is 1.73. The summed E-state index contributed by atoms with van der Waals surface area (Å²) in [5, 5.41) is 12.9. The molecule has 0 radical (unpaired) electrons. The lowest BCUT2D eigenvalue weighted by Gasteiger charge is -2.09. The van der Waals surface area contributed by atoms with E-state index in [1.165, 1.54) is 6.39 Å². The molecule has 0 aliphatic carbocycles. The summed E-state index contributed by atoms with van der Waals surface area (Å²) in [7, 11) is 0. The van der Waals surface area contributed by atoms with Crippen molar-refractivity contribution in [3.8, 4) is 0 Å². The standard InChI is InChI=1S/C14H14N4O3/c1-8(2)13-16-10-5-9(14(19)20)3-4-11(10)18(13)6-12-15-7-21-17-12/h3-5,7-8H,6H2,1-2H3,(H,19,20). The Morgan fingerprint density at radius 2 is 2.24 bits per heavy atom. The maximum atomic E-state index is 11.1. The monoisotopic (exact) mass is 286 g/mol. The van der Waals surface area contributed by atoms with Crippen LogP contribution in [0, 0.1) is 0 Å². The molecule has 0 spiro atoms. The van der Waals surface area contributed by atoms with Crippen molar-refractivity contribution in [1.82, 2.24) is 19.7 Å². The fraction of sp³-hybridized carbons (Fsp3) is 0.286. The van der Waals surface area contributed by atoms with Gasteiger partial charge in [0.05, 0.1) is 23.1 Å². The third-order valence-corrected chi connectivity index (χ3v) is 3.25. The van der Waals surface area contributed by atoms with Crippen LogP contribution < -0.4 is 0 Å². The molecular weight excluding hydrogens is 272 g/mol. The highest BCUT2D eigenvalue weighted by molar-refractivity contribution is 5.92. The molecule has 0 unspecified atom stereocenters. The zero-order valence-electron chi connectivity index (χ0n) is 11.6. The minimum absolute atomic E-state index is 0.192. The number of imidazole rings is 1. The van der Waals surface area contributed by atoms with E-state index < -0.39 is 5.97 Å². The van der Waals surface area contributed by atoms with Crippen molar-refractivity contribution in [3.63, 3.8) is 0 Å². The molecule has 0 bridgehead atoms. The smallest absolute Gasteiger partial charge is 0.335 e. The van der Waals surface area contributed by atoms with E-state index in [2.05, 4.69) is 15.1 Å². The number of carboxylic acid groups (broad SMARTS) is 1. The van der Waals surface area contributed by atoms with E-state index in [9.17, 15) is 4.79 Å². The van der Waals surface area contributed by atoms with E-state index >= 15 is 0 Å². The molecule has 7 heteroatoms. The number of rotatable bonds is 4. The summed E-state index contributed by atoms with van der Waals surface area (Å²) < 4.78 is 6.74. The Kier molecular flexibility index (Phi) is 3.17. The molecule has 0 aliphatic rings. The zero-order valence-corrected chi connectivity index (χ0v) is 11.6. The van der Waals surface area contributed by atoms with Crippen LogP contribution in [0.1, 0.15) is 41.8 Å². The maximum absolute atomic E-state index is 11.1. The number of aromatic carboxylic acids is 1. The first-order chi connectivity index (χ1) is 10.1. The molecule has 0 saturated heterocycles. The van der Waals surface area contributed by atoms with E-state index in [0.29, 0.717) is 17.9 Å². The van der Waals surface area contributed by atoms with Crippen molar-refractivity contribution in [2.24, 2.45) is 0 Å². The third-order valence-electron chi connectivity index (χ3n) is 3.25. The quantitative estimate of drug-likeness (QED) is 0.790. The Hall–Kier alpha value is -2.70. The van der Waals surface area contributed by atoms with Crippen molar-refractivity contribution >= 4 is 17.0 Å². The lowest BCUT2D eigenvalue weighted by molar-refractivity contribution is 0.0697. The normalized spacial score (nSPS) is 11.4. The summed E-state index contributed by atoms with van der Waals surface area (Å²) in [6.45, 7) is 4.50. The molecule has 3 rings (SSSR count). The average molecular weight is 286 g/mol. The average Bonchev–Trinajstić information content (AvgIpc) is 3.06. The Balaban J connectivity index is 2.15. The van der Waals surface area contributed by atoms with E-state index in [0.717, 1.165) is 11.3 Å². The molecule has 0 atom stereocenters. The van der Waals surface area contributed by atoms with E-state index in [1.54, 1.807) is 18.2 Å². The number of carbonyl (C=O) groups is 1. The van der Waals surface area contributed by atoms with Crippen molar-refractivity contribution in [3.05, 3.63) is 41.8 Å². The Morgan fingerprint density at radius 3 is 2.86 bits per heavy atom. The molecule has 0 saturated carbocycles. The van der Waals surface area contributed by atoms with Crippen molar-refractivity contribution in [1.29, 1.82) is 0 Å². The van der Waals surface area contributed by atoms with Gasteiger partial charge in [-0.1, -0.05) is 19.0 Å².